The van der Waals surface area contributed by atoms with Crippen molar-refractivity contribution in [1.29, 1.82) is 0 Å². The number of hydrogen-bond acceptors (Lipinski definition) is 6. The highest BCUT2D eigenvalue weighted by Crippen LogP contribution is 2.27. The van der Waals surface area contributed by atoms with Crippen molar-refractivity contribution in [3.63, 3.8) is 0 Å². The first-order chi connectivity index (χ1) is 12.8. The van der Waals surface area contributed by atoms with E-state index in [9.17, 15) is 19.7 Å². The van der Waals surface area contributed by atoms with Crippen molar-refractivity contribution < 1.29 is 24.0 Å². The third kappa shape index (κ3) is 5.42. The summed E-state index contributed by atoms with van der Waals surface area (Å²) in [4.78, 5) is 35.9. The van der Waals surface area contributed by atoms with Gasteiger partial charge in [0.2, 0.25) is 0 Å². The molecular formula is C18H17ClN2O6. The van der Waals surface area contributed by atoms with Crippen LogP contribution in [0.15, 0.2) is 42.5 Å². The maximum Gasteiger partial charge on any atom is 0.338 e. The minimum absolute atomic E-state index is 0.0234. The molecule has 0 saturated heterocycles. The summed E-state index contributed by atoms with van der Waals surface area (Å²) in [5.74, 6) is -1.23. The Bertz CT molecular complexity index is 853. The molecule has 0 aliphatic carbocycles. The van der Waals surface area contributed by atoms with Gasteiger partial charge >= 0.3 is 11.7 Å². The molecule has 0 bridgehead atoms. The Balaban J connectivity index is 1.96. The zero-order valence-electron chi connectivity index (χ0n) is 14.7. The maximum atomic E-state index is 12.1. The minimum Gasteiger partial charge on any atom is -0.490 e. The molecule has 1 amide bonds. The summed E-state index contributed by atoms with van der Waals surface area (Å²) in [7, 11) is 2.86. The molecule has 9 heteroatoms. The Morgan fingerprint density at radius 2 is 1.85 bits per heavy atom. The second-order valence-electron chi connectivity index (χ2n) is 5.60. The number of benzene rings is 2. The van der Waals surface area contributed by atoms with Gasteiger partial charge in [0.05, 0.1) is 17.6 Å². The summed E-state index contributed by atoms with van der Waals surface area (Å²) in [6, 6.07) is 10.7. The van der Waals surface area contributed by atoms with Crippen molar-refractivity contribution in [2.75, 3.05) is 20.8 Å². The lowest BCUT2D eigenvalue weighted by Crippen LogP contribution is -2.30. The lowest BCUT2D eigenvalue weighted by atomic mass is 10.2. The number of nitro groups is 1. The first-order valence-electron chi connectivity index (χ1n) is 7.79. The SMILES string of the molecule is COc1ccc(C(=O)OCC(=O)N(C)Cc2ccc(Cl)cc2)cc1[N+](=O)[O-]. The Morgan fingerprint density at radius 3 is 2.44 bits per heavy atom. The Labute approximate surface area is 160 Å². The van der Waals surface area contributed by atoms with E-state index in [1.165, 1.54) is 24.1 Å². The van der Waals surface area contributed by atoms with Crippen molar-refractivity contribution in [3.8, 4) is 5.75 Å². The van der Waals surface area contributed by atoms with E-state index in [0.29, 0.717) is 11.6 Å². The lowest BCUT2D eigenvalue weighted by molar-refractivity contribution is -0.385. The minimum atomic E-state index is -0.839. The number of carbonyl (C=O) groups is 2. The average molecular weight is 393 g/mol. The van der Waals surface area contributed by atoms with E-state index in [0.717, 1.165) is 11.6 Å². The van der Waals surface area contributed by atoms with Crippen molar-refractivity contribution in [3.05, 3.63) is 68.7 Å². The molecule has 0 aliphatic rings. The highest BCUT2D eigenvalue weighted by molar-refractivity contribution is 6.30. The van der Waals surface area contributed by atoms with Gasteiger partial charge in [-0.05, 0) is 29.8 Å². The standard InChI is InChI=1S/C18H17ClN2O6/c1-20(10-12-3-6-14(19)7-4-12)17(22)11-27-18(23)13-5-8-16(26-2)15(9-13)21(24)25/h3-9H,10-11H2,1-2H3. The van der Waals surface area contributed by atoms with E-state index < -0.39 is 23.4 Å². The molecule has 0 aromatic heterocycles. The van der Waals surface area contributed by atoms with Crippen molar-refractivity contribution >= 4 is 29.2 Å². The van der Waals surface area contributed by atoms with Crippen LogP contribution in [0.25, 0.3) is 0 Å². The molecule has 0 N–H and O–H groups in total. The van der Waals surface area contributed by atoms with Crippen molar-refractivity contribution in [2.24, 2.45) is 0 Å². The third-order valence-corrected chi connectivity index (χ3v) is 3.95. The Kier molecular flexibility index (Phi) is 6.73. The number of nitrogens with zero attached hydrogens (tertiary/aromatic N) is 2. The van der Waals surface area contributed by atoms with Crippen molar-refractivity contribution in [1.82, 2.24) is 4.90 Å². The summed E-state index contributed by atoms with van der Waals surface area (Å²) >= 11 is 5.82. The molecule has 0 heterocycles. The molecule has 0 spiro atoms. The normalized spacial score (nSPS) is 10.2. The van der Waals surface area contributed by atoms with Crippen LogP contribution in [0.2, 0.25) is 5.02 Å². The fourth-order valence-corrected chi connectivity index (χ4v) is 2.36. The quantitative estimate of drug-likeness (QED) is 0.408. The largest absolute Gasteiger partial charge is 0.490 e. The van der Waals surface area contributed by atoms with Crippen molar-refractivity contribution in [2.45, 2.75) is 6.54 Å². The Hall–Kier alpha value is -3.13. The van der Waals surface area contributed by atoms with E-state index in [-0.39, 0.29) is 17.0 Å². The van der Waals surface area contributed by atoms with E-state index >= 15 is 0 Å². The van der Waals surface area contributed by atoms with E-state index in [1.54, 1.807) is 31.3 Å². The molecule has 0 fully saturated rings. The fraction of sp³-hybridized carbons (Fsp3) is 0.222. The van der Waals surface area contributed by atoms with Crippen LogP contribution in [0.3, 0.4) is 0 Å². The number of carbonyl (C=O) groups excluding carboxylic acids is 2. The molecule has 8 nitrogen and oxygen atoms in total. The monoisotopic (exact) mass is 392 g/mol. The predicted molar refractivity (Wildman–Crippen MR) is 97.9 cm³/mol. The number of hydrogen-bond donors (Lipinski definition) is 0. The Morgan fingerprint density at radius 1 is 1.19 bits per heavy atom. The van der Waals surface area contributed by atoms with Gasteiger partial charge in [-0.25, -0.2) is 4.79 Å². The number of methoxy groups -OCH3 is 1. The van der Waals surface area contributed by atoms with Gasteiger partial charge < -0.3 is 14.4 Å². The van der Waals surface area contributed by atoms with E-state index in [4.69, 9.17) is 21.1 Å². The molecule has 27 heavy (non-hydrogen) atoms. The van der Waals surface area contributed by atoms with Gasteiger partial charge in [-0.15, -0.1) is 0 Å². The molecule has 2 rings (SSSR count). The molecular weight excluding hydrogens is 376 g/mol. The zero-order valence-corrected chi connectivity index (χ0v) is 15.4. The van der Waals surface area contributed by atoms with Gasteiger partial charge in [-0.3, -0.25) is 14.9 Å². The van der Waals surface area contributed by atoms with Gasteiger partial charge in [-0.1, -0.05) is 23.7 Å². The molecule has 142 valence electrons. The van der Waals surface area contributed by atoms with Crippen LogP contribution >= 0.6 is 11.6 Å². The van der Waals surface area contributed by atoms with Crippen LogP contribution < -0.4 is 4.74 Å². The van der Waals surface area contributed by atoms with Gasteiger partial charge in [0, 0.05) is 24.7 Å². The predicted octanol–water partition coefficient (Wildman–Crippen LogP) is 3.07. The van der Waals surface area contributed by atoms with Crippen LogP contribution in [0.5, 0.6) is 5.75 Å². The van der Waals surface area contributed by atoms with Crippen LogP contribution in [-0.4, -0.2) is 42.5 Å². The maximum absolute atomic E-state index is 12.1. The number of amides is 1. The van der Waals surface area contributed by atoms with Gasteiger partial charge in [0.15, 0.2) is 12.4 Å². The van der Waals surface area contributed by atoms with Crippen LogP contribution in [0, 0.1) is 10.1 Å². The molecule has 2 aromatic carbocycles. The summed E-state index contributed by atoms with van der Waals surface area (Å²) in [6.45, 7) is -0.162. The molecule has 0 radical (unpaired) electrons. The lowest BCUT2D eigenvalue weighted by Gasteiger charge is -2.17. The van der Waals surface area contributed by atoms with E-state index in [1.807, 2.05) is 0 Å². The van der Waals surface area contributed by atoms with Crippen LogP contribution in [-0.2, 0) is 16.1 Å². The molecule has 0 aliphatic heterocycles. The molecule has 2 aromatic rings. The first kappa shape index (κ1) is 20.2. The highest BCUT2D eigenvalue weighted by atomic mass is 35.5. The van der Waals surface area contributed by atoms with Crippen LogP contribution in [0.4, 0.5) is 5.69 Å². The zero-order chi connectivity index (χ0) is 20.0. The summed E-state index contributed by atoms with van der Waals surface area (Å²) in [5, 5.41) is 11.6. The number of halogens is 1. The van der Waals surface area contributed by atoms with Gasteiger partial charge in [-0.2, -0.15) is 0 Å². The molecule has 0 saturated carbocycles. The molecule has 0 unspecified atom stereocenters. The average Bonchev–Trinajstić information content (AvgIpc) is 2.66. The number of rotatable bonds is 7. The number of likely N-dealkylation sites (N-methyl/N-ethyl adjacent to an activating group) is 1. The summed E-state index contributed by atoms with van der Waals surface area (Å²) in [6.07, 6.45) is 0. The van der Waals surface area contributed by atoms with Gasteiger partial charge in [0.1, 0.15) is 0 Å². The number of esters is 1. The highest BCUT2D eigenvalue weighted by Gasteiger charge is 2.20. The first-order valence-corrected chi connectivity index (χ1v) is 8.17. The topological polar surface area (TPSA) is 99.0 Å². The second kappa shape index (κ2) is 9.00. The van der Waals surface area contributed by atoms with Gasteiger partial charge in [0.25, 0.3) is 5.91 Å². The number of ether oxygens (including phenoxy) is 2. The summed E-state index contributed by atoms with van der Waals surface area (Å²) in [5.41, 5.74) is 0.459. The molecule has 0 atom stereocenters. The smallest absolute Gasteiger partial charge is 0.338 e. The fourth-order valence-electron chi connectivity index (χ4n) is 2.23. The third-order valence-electron chi connectivity index (χ3n) is 3.70. The summed E-state index contributed by atoms with van der Waals surface area (Å²) < 4.78 is 9.83. The second-order valence-corrected chi connectivity index (χ2v) is 6.03. The number of nitro benzene ring substituents is 1. The van der Waals surface area contributed by atoms with Crippen LogP contribution in [0.1, 0.15) is 15.9 Å². The van der Waals surface area contributed by atoms with E-state index in [2.05, 4.69) is 0 Å².